The van der Waals surface area contributed by atoms with E-state index in [9.17, 15) is 18.0 Å². The number of nitrogens with zero attached hydrogens (tertiary/aromatic N) is 1. The summed E-state index contributed by atoms with van der Waals surface area (Å²) in [5.74, 6) is -1.30. The van der Waals surface area contributed by atoms with E-state index in [2.05, 4.69) is 0 Å². The quantitative estimate of drug-likeness (QED) is 0.888. The fraction of sp³-hybridized carbons (Fsp3) is 0.364. The molecule has 1 aromatic rings. The minimum Gasteiger partial charge on any atom is -0.480 e. The van der Waals surface area contributed by atoms with E-state index < -0.39 is 24.7 Å². The molecule has 6 heteroatoms. The SMILES string of the molecule is CC(N(CC(=O)O)c1ccccc1)C(F)(F)F. The van der Waals surface area contributed by atoms with Crippen molar-refractivity contribution in [1.82, 2.24) is 0 Å². The first-order chi connectivity index (χ1) is 7.82. The summed E-state index contributed by atoms with van der Waals surface area (Å²) in [5.41, 5.74) is 0.236. The van der Waals surface area contributed by atoms with Gasteiger partial charge in [-0.1, -0.05) is 18.2 Å². The van der Waals surface area contributed by atoms with Gasteiger partial charge in [-0.3, -0.25) is 4.79 Å². The van der Waals surface area contributed by atoms with E-state index in [-0.39, 0.29) is 5.69 Å². The second-order valence-electron chi connectivity index (χ2n) is 3.57. The van der Waals surface area contributed by atoms with Crippen molar-refractivity contribution in [2.75, 3.05) is 11.4 Å². The highest BCUT2D eigenvalue weighted by Crippen LogP contribution is 2.28. The van der Waals surface area contributed by atoms with Crippen LogP contribution in [0.1, 0.15) is 6.92 Å². The molecule has 0 saturated carbocycles. The largest absolute Gasteiger partial charge is 0.480 e. The Morgan fingerprint density at radius 2 is 1.88 bits per heavy atom. The number of rotatable bonds is 4. The topological polar surface area (TPSA) is 40.5 Å². The predicted octanol–water partition coefficient (Wildman–Crippen LogP) is 2.53. The summed E-state index contributed by atoms with van der Waals surface area (Å²) >= 11 is 0. The summed E-state index contributed by atoms with van der Waals surface area (Å²) in [7, 11) is 0. The summed E-state index contributed by atoms with van der Waals surface area (Å²) in [6, 6.07) is 5.83. The first-order valence-corrected chi connectivity index (χ1v) is 4.92. The Kier molecular flexibility index (Phi) is 3.98. The van der Waals surface area contributed by atoms with Gasteiger partial charge in [0, 0.05) is 5.69 Å². The molecule has 0 spiro atoms. The molecule has 1 aromatic carbocycles. The average molecular weight is 247 g/mol. The van der Waals surface area contributed by atoms with Gasteiger partial charge in [0.2, 0.25) is 0 Å². The molecule has 1 N–H and O–H groups in total. The van der Waals surface area contributed by atoms with E-state index in [1.165, 1.54) is 12.1 Å². The lowest BCUT2D eigenvalue weighted by molar-refractivity contribution is -0.147. The Morgan fingerprint density at radius 3 is 2.29 bits per heavy atom. The Hall–Kier alpha value is -1.72. The van der Waals surface area contributed by atoms with Crippen LogP contribution in [0.4, 0.5) is 18.9 Å². The average Bonchev–Trinajstić information content (AvgIpc) is 2.24. The second kappa shape index (κ2) is 5.07. The van der Waals surface area contributed by atoms with Gasteiger partial charge in [0.25, 0.3) is 0 Å². The first-order valence-electron chi connectivity index (χ1n) is 4.92. The van der Waals surface area contributed by atoms with Gasteiger partial charge in [0.05, 0.1) is 0 Å². The molecule has 1 rings (SSSR count). The van der Waals surface area contributed by atoms with Crippen LogP contribution in [0.15, 0.2) is 30.3 Å². The van der Waals surface area contributed by atoms with Gasteiger partial charge in [0.1, 0.15) is 12.6 Å². The molecule has 1 atom stereocenters. The van der Waals surface area contributed by atoms with E-state index in [0.29, 0.717) is 0 Å². The maximum Gasteiger partial charge on any atom is 0.408 e. The van der Waals surface area contributed by atoms with Crippen LogP contribution in [0.3, 0.4) is 0 Å². The number of benzene rings is 1. The van der Waals surface area contributed by atoms with Gasteiger partial charge >= 0.3 is 12.1 Å². The van der Waals surface area contributed by atoms with Gasteiger partial charge in [-0.15, -0.1) is 0 Å². The molecular weight excluding hydrogens is 235 g/mol. The maximum absolute atomic E-state index is 12.6. The summed E-state index contributed by atoms with van der Waals surface area (Å²) in [4.78, 5) is 11.4. The summed E-state index contributed by atoms with van der Waals surface area (Å²) in [6.07, 6.45) is -4.47. The molecule has 94 valence electrons. The third-order valence-electron chi connectivity index (χ3n) is 2.33. The molecule has 0 saturated heterocycles. The lowest BCUT2D eigenvalue weighted by atomic mass is 10.2. The fourth-order valence-corrected chi connectivity index (χ4v) is 1.39. The predicted molar refractivity (Wildman–Crippen MR) is 56.9 cm³/mol. The van der Waals surface area contributed by atoms with Crippen molar-refractivity contribution in [3.8, 4) is 0 Å². The summed E-state index contributed by atoms with van der Waals surface area (Å²) in [6.45, 7) is 0.251. The molecule has 3 nitrogen and oxygen atoms in total. The van der Waals surface area contributed by atoms with Crippen molar-refractivity contribution in [2.45, 2.75) is 19.1 Å². The van der Waals surface area contributed by atoms with Crippen LogP contribution in [-0.2, 0) is 4.79 Å². The number of halogens is 3. The molecule has 0 radical (unpaired) electrons. The highest BCUT2D eigenvalue weighted by atomic mass is 19.4. The van der Waals surface area contributed by atoms with Crippen LogP contribution in [0.25, 0.3) is 0 Å². The van der Waals surface area contributed by atoms with Gasteiger partial charge in [-0.2, -0.15) is 13.2 Å². The Morgan fingerprint density at radius 1 is 1.35 bits per heavy atom. The molecule has 0 bridgehead atoms. The van der Waals surface area contributed by atoms with Crippen LogP contribution in [0.2, 0.25) is 0 Å². The summed E-state index contributed by atoms with van der Waals surface area (Å²) in [5, 5.41) is 8.65. The van der Waals surface area contributed by atoms with Crippen molar-refractivity contribution in [1.29, 1.82) is 0 Å². The van der Waals surface area contributed by atoms with Crippen molar-refractivity contribution in [3.63, 3.8) is 0 Å². The number of hydrogen-bond acceptors (Lipinski definition) is 2. The Bertz CT molecular complexity index is 378. The van der Waals surface area contributed by atoms with E-state index in [0.717, 1.165) is 11.8 Å². The monoisotopic (exact) mass is 247 g/mol. The number of para-hydroxylation sites is 1. The summed E-state index contributed by atoms with van der Waals surface area (Å²) < 4.78 is 37.8. The molecule has 0 heterocycles. The minimum absolute atomic E-state index is 0.236. The van der Waals surface area contributed by atoms with Crippen molar-refractivity contribution < 1.29 is 23.1 Å². The molecule has 0 aliphatic heterocycles. The van der Waals surface area contributed by atoms with Crippen molar-refractivity contribution in [2.24, 2.45) is 0 Å². The van der Waals surface area contributed by atoms with E-state index in [1.54, 1.807) is 18.2 Å². The highest BCUT2D eigenvalue weighted by Gasteiger charge is 2.40. The van der Waals surface area contributed by atoms with Crippen molar-refractivity contribution >= 4 is 11.7 Å². The number of anilines is 1. The second-order valence-corrected chi connectivity index (χ2v) is 3.57. The van der Waals surface area contributed by atoms with Gasteiger partial charge < -0.3 is 10.0 Å². The molecule has 17 heavy (non-hydrogen) atoms. The third-order valence-corrected chi connectivity index (χ3v) is 2.33. The van der Waals surface area contributed by atoms with E-state index in [4.69, 9.17) is 5.11 Å². The molecule has 1 unspecified atom stereocenters. The zero-order valence-electron chi connectivity index (χ0n) is 9.11. The van der Waals surface area contributed by atoms with Gasteiger partial charge in [0.15, 0.2) is 0 Å². The zero-order valence-corrected chi connectivity index (χ0v) is 9.11. The van der Waals surface area contributed by atoms with E-state index >= 15 is 0 Å². The fourth-order valence-electron chi connectivity index (χ4n) is 1.39. The van der Waals surface area contributed by atoms with Crippen LogP contribution in [-0.4, -0.2) is 29.8 Å². The minimum atomic E-state index is -4.47. The lowest BCUT2D eigenvalue weighted by Gasteiger charge is -2.31. The first kappa shape index (κ1) is 13.3. The number of carboxylic acid groups (broad SMARTS) is 1. The number of carboxylic acids is 1. The third kappa shape index (κ3) is 3.65. The normalized spacial score (nSPS) is 13.2. The smallest absolute Gasteiger partial charge is 0.408 e. The molecule has 0 aliphatic rings. The Balaban J connectivity index is 3.00. The van der Waals surface area contributed by atoms with Gasteiger partial charge in [-0.25, -0.2) is 0 Å². The molecular formula is C11H12F3NO2. The number of hydrogen-bond donors (Lipinski definition) is 1. The number of alkyl halides is 3. The van der Waals surface area contributed by atoms with Crippen molar-refractivity contribution in [3.05, 3.63) is 30.3 Å². The maximum atomic E-state index is 12.6. The molecule has 0 aromatic heterocycles. The standard InChI is InChI=1S/C11H12F3NO2/c1-8(11(12,13)14)15(7-10(16)17)9-5-3-2-4-6-9/h2-6,8H,7H2,1H3,(H,16,17). The molecule has 0 amide bonds. The molecule has 0 aliphatic carbocycles. The number of carbonyl (C=O) groups is 1. The van der Waals surface area contributed by atoms with Crippen LogP contribution in [0, 0.1) is 0 Å². The Labute approximate surface area is 96.5 Å². The van der Waals surface area contributed by atoms with Crippen LogP contribution >= 0.6 is 0 Å². The number of aliphatic carboxylic acids is 1. The lowest BCUT2D eigenvalue weighted by Crippen LogP contribution is -2.46. The highest BCUT2D eigenvalue weighted by molar-refractivity contribution is 5.74. The zero-order chi connectivity index (χ0) is 13.1. The van der Waals surface area contributed by atoms with Crippen LogP contribution < -0.4 is 4.90 Å². The van der Waals surface area contributed by atoms with Gasteiger partial charge in [-0.05, 0) is 19.1 Å². The molecule has 0 fully saturated rings. The van der Waals surface area contributed by atoms with E-state index in [1.807, 2.05) is 0 Å². The van der Waals surface area contributed by atoms with Crippen LogP contribution in [0.5, 0.6) is 0 Å².